The Bertz CT molecular complexity index is 145. The summed E-state index contributed by atoms with van der Waals surface area (Å²) in [6.07, 6.45) is 0. The smallest absolute Gasteiger partial charge is 0.335 e. The van der Waals surface area contributed by atoms with Gasteiger partial charge in [0.25, 0.3) is 0 Å². The molecule has 0 spiro atoms. The van der Waals surface area contributed by atoms with Crippen LogP contribution in [0.25, 0.3) is 0 Å². The van der Waals surface area contributed by atoms with E-state index in [1.165, 1.54) is 7.11 Å². The quantitative estimate of drug-likeness (QED) is 0.412. The van der Waals surface area contributed by atoms with Gasteiger partial charge in [-0.05, 0) is 13.8 Å². The van der Waals surface area contributed by atoms with Crippen LogP contribution in [-0.4, -0.2) is 13.1 Å². The van der Waals surface area contributed by atoms with E-state index in [0.29, 0.717) is 11.3 Å². The molecule has 0 rings (SSSR count). The van der Waals surface area contributed by atoms with Crippen LogP contribution in [0.1, 0.15) is 13.8 Å². The summed E-state index contributed by atoms with van der Waals surface area (Å²) in [4.78, 5) is 10.6. The lowest BCUT2D eigenvalue weighted by molar-refractivity contribution is -0.136. The first kappa shape index (κ1) is 8.01. The molecular formula is C6H11NO2. The van der Waals surface area contributed by atoms with Crippen molar-refractivity contribution in [2.45, 2.75) is 13.8 Å². The average Bonchev–Trinajstić information content (AvgIpc) is 1.84. The number of rotatable bonds is 1. The first-order chi connectivity index (χ1) is 4.09. The number of hydrogen-bond donors (Lipinski definition) is 1. The standard InChI is InChI=1S/C6H11NO2/c1-4(5(2)7)6(8)9-3/h7H2,1-3H3/b5-4+. The Kier molecular flexibility index (Phi) is 2.78. The molecule has 0 saturated heterocycles. The van der Waals surface area contributed by atoms with Gasteiger partial charge in [-0.15, -0.1) is 0 Å². The minimum absolute atomic E-state index is 0.366. The highest BCUT2D eigenvalue weighted by Crippen LogP contribution is 1.97. The van der Waals surface area contributed by atoms with E-state index in [0.717, 1.165) is 0 Å². The molecule has 0 aromatic carbocycles. The Morgan fingerprint density at radius 3 is 2.00 bits per heavy atom. The lowest BCUT2D eigenvalue weighted by Crippen LogP contribution is -2.07. The van der Waals surface area contributed by atoms with Crippen LogP contribution in [-0.2, 0) is 9.53 Å². The molecule has 52 valence electrons. The molecule has 2 N–H and O–H groups in total. The third-order valence-corrected chi connectivity index (χ3v) is 1.08. The Balaban J connectivity index is 4.21. The fourth-order valence-corrected chi connectivity index (χ4v) is 0.314. The van der Waals surface area contributed by atoms with Crippen molar-refractivity contribution >= 4 is 5.97 Å². The van der Waals surface area contributed by atoms with E-state index in [2.05, 4.69) is 4.74 Å². The maximum Gasteiger partial charge on any atom is 0.335 e. The van der Waals surface area contributed by atoms with Crippen LogP contribution in [0.3, 0.4) is 0 Å². The lowest BCUT2D eigenvalue weighted by Gasteiger charge is -1.98. The van der Waals surface area contributed by atoms with Crippen molar-refractivity contribution in [3.63, 3.8) is 0 Å². The summed E-state index contributed by atoms with van der Waals surface area (Å²) >= 11 is 0. The highest BCUT2D eigenvalue weighted by atomic mass is 16.5. The van der Waals surface area contributed by atoms with E-state index in [4.69, 9.17) is 5.73 Å². The van der Waals surface area contributed by atoms with E-state index in [9.17, 15) is 4.79 Å². The van der Waals surface area contributed by atoms with Gasteiger partial charge in [0.2, 0.25) is 0 Å². The van der Waals surface area contributed by atoms with Gasteiger partial charge in [-0.2, -0.15) is 0 Å². The van der Waals surface area contributed by atoms with Gasteiger partial charge >= 0.3 is 5.97 Å². The zero-order valence-corrected chi connectivity index (χ0v) is 5.89. The van der Waals surface area contributed by atoms with Gasteiger partial charge in [0, 0.05) is 5.70 Å². The topological polar surface area (TPSA) is 52.3 Å². The molecule has 0 aromatic rings. The molecule has 0 aliphatic carbocycles. The summed E-state index contributed by atoms with van der Waals surface area (Å²) in [5.74, 6) is -0.366. The molecule has 0 radical (unpaired) electrons. The molecule has 0 heterocycles. The summed E-state index contributed by atoms with van der Waals surface area (Å²) in [5, 5.41) is 0. The molecule has 0 amide bonds. The number of nitrogens with two attached hydrogens (primary N) is 1. The second-order valence-corrected chi connectivity index (χ2v) is 1.80. The van der Waals surface area contributed by atoms with E-state index in [-0.39, 0.29) is 5.97 Å². The van der Waals surface area contributed by atoms with Crippen molar-refractivity contribution in [1.29, 1.82) is 0 Å². The molecule has 3 nitrogen and oxygen atoms in total. The molecular weight excluding hydrogens is 118 g/mol. The third-order valence-electron chi connectivity index (χ3n) is 1.08. The van der Waals surface area contributed by atoms with Gasteiger partial charge in [0.1, 0.15) is 0 Å². The van der Waals surface area contributed by atoms with Crippen LogP contribution in [0.15, 0.2) is 11.3 Å². The van der Waals surface area contributed by atoms with Gasteiger partial charge in [-0.1, -0.05) is 0 Å². The van der Waals surface area contributed by atoms with Gasteiger partial charge in [-0.25, -0.2) is 4.79 Å². The summed E-state index contributed by atoms with van der Waals surface area (Å²) in [6.45, 7) is 3.29. The van der Waals surface area contributed by atoms with E-state index >= 15 is 0 Å². The molecule has 0 aliphatic rings. The predicted octanol–water partition coefficient (Wildman–Crippen LogP) is 0.412. The maximum absolute atomic E-state index is 10.6. The van der Waals surface area contributed by atoms with Crippen LogP contribution in [0.2, 0.25) is 0 Å². The summed E-state index contributed by atoms with van der Waals surface area (Å²) < 4.78 is 4.40. The van der Waals surface area contributed by atoms with Crippen LogP contribution >= 0.6 is 0 Å². The fourth-order valence-electron chi connectivity index (χ4n) is 0.314. The monoisotopic (exact) mass is 129 g/mol. The number of esters is 1. The molecule has 0 bridgehead atoms. The Labute approximate surface area is 54.5 Å². The van der Waals surface area contributed by atoms with Crippen molar-refractivity contribution in [2.75, 3.05) is 7.11 Å². The first-order valence-electron chi connectivity index (χ1n) is 2.61. The van der Waals surface area contributed by atoms with Crippen molar-refractivity contribution in [3.8, 4) is 0 Å². The SMILES string of the molecule is COC(=O)/C(C)=C(\C)N. The molecule has 0 atom stereocenters. The highest BCUT2D eigenvalue weighted by Gasteiger charge is 2.03. The molecule has 0 aromatic heterocycles. The van der Waals surface area contributed by atoms with Gasteiger partial charge in [0.15, 0.2) is 0 Å². The van der Waals surface area contributed by atoms with Gasteiger partial charge in [0.05, 0.1) is 12.7 Å². The Morgan fingerprint density at radius 1 is 1.44 bits per heavy atom. The van der Waals surface area contributed by atoms with Gasteiger partial charge in [-0.3, -0.25) is 0 Å². The summed E-state index contributed by atoms with van der Waals surface area (Å²) in [7, 11) is 1.33. The minimum atomic E-state index is -0.366. The third kappa shape index (κ3) is 2.17. The Morgan fingerprint density at radius 2 is 1.89 bits per heavy atom. The van der Waals surface area contributed by atoms with Crippen molar-refractivity contribution < 1.29 is 9.53 Å². The predicted molar refractivity (Wildman–Crippen MR) is 34.6 cm³/mol. The summed E-state index contributed by atoms with van der Waals surface area (Å²) in [5.41, 5.74) is 6.26. The number of allylic oxidation sites excluding steroid dienone is 1. The molecule has 3 heteroatoms. The zero-order valence-electron chi connectivity index (χ0n) is 5.89. The molecule has 0 fully saturated rings. The van der Waals surface area contributed by atoms with Crippen LogP contribution in [0.4, 0.5) is 0 Å². The molecule has 9 heavy (non-hydrogen) atoms. The maximum atomic E-state index is 10.6. The molecule has 0 unspecified atom stereocenters. The molecule has 0 saturated carbocycles. The Hall–Kier alpha value is -0.990. The first-order valence-corrected chi connectivity index (χ1v) is 2.61. The number of hydrogen-bond acceptors (Lipinski definition) is 3. The number of ether oxygens (including phenoxy) is 1. The lowest BCUT2D eigenvalue weighted by atomic mass is 10.2. The number of carbonyl (C=O) groups excluding carboxylic acids is 1. The minimum Gasteiger partial charge on any atom is -0.466 e. The van der Waals surface area contributed by atoms with Crippen molar-refractivity contribution in [1.82, 2.24) is 0 Å². The van der Waals surface area contributed by atoms with E-state index < -0.39 is 0 Å². The van der Waals surface area contributed by atoms with E-state index in [1.54, 1.807) is 13.8 Å². The fraction of sp³-hybridized carbons (Fsp3) is 0.500. The van der Waals surface area contributed by atoms with Gasteiger partial charge < -0.3 is 10.5 Å². The highest BCUT2D eigenvalue weighted by molar-refractivity contribution is 5.88. The molecule has 0 aliphatic heterocycles. The van der Waals surface area contributed by atoms with Crippen LogP contribution in [0.5, 0.6) is 0 Å². The normalized spacial score (nSPS) is 12.3. The second-order valence-electron chi connectivity index (χ2n) is 1.80. The number of methoxy groups -OCH3 is 1. The zero-order chi connectivity index (χ0) is 7.44. The van der Waals surface area contributed by atoms with E-state index in [1.807, 2.05) is 0 Å². The summed E-state index contributed by atoms with van der Waals surface area (Å²) in [6, 6.07) is 0. The largest absolute Gasteiger partial charge is 0.466 e. The van der Waals surface area contributed by atoms with Crippen molar-refractivity contribution in [2.24, 2.45) is 5.73 Å². The van der Waals surface area contributed by atoms with Crippen LogP contribution < -0.4 is 5.73 Å². The van der Waals surface area contributed by atoms with Crippen LogP contribution in [0, 0.1) is 0 Å². The second kappa shape index (κ2) is 3.12. The van der Waals surface area contributed by atoms with Crippen molar-refractivity contribution in [3.05, 3.63) is 11.3 Å². The average molecular weight is 129 g/mol. The number of carbonyl (C=O) groups is 1.